The van der Waals surface area contributed by atoms with E-state index in [4.69, 9.17) is 33.4 Å². The number of ether oxygens (including phenoxy) is 6. The molecule has 10 heteroatoms. The zero-order valence-corrected chi connectivity index (χ0v) is 96.3. The van der Waals surface area contributed by atoms with Crippen LogP contribution in [-0.2, 0) is 11.9 Å². The number of guanidine groups is 1. The van der Waals surface area contributed by atoms with E-state index in [0.717, 1.165) is 157 Å². The molecule has 139 heavy (non-hydrogen) atoms. The Morgan fingerprint density at radius 2 is 0.367 bits per heavy atom. The largest absolute Gasteiger partial charge is 0.490 e. The molecule has 0 spiro atoms. The molecule has 0 unspecified atom stereocenters. The molecule has 4 rings (SSSR count). The standard InChI is InChI=1S/C68H127N3O3.C61H115BrO3/c1-4-7-10-13-16-19-22-25-28-31-34-37-40-43-46-49-58-72-65-61-64(63-71-57-53-56-70-55-52-54-69-68(70)71)62-66(73-59-50-47-44-41-38-35-32-29-26-23-20-17-14-11-8-5-2)67(65)74-60-51-48-45-42-39-36-33-30-27-24-21-18-15-12-9-6-3;1-4-7-10-13-16-19-22-25-28-31-34-37-40-43-46-49-52-63-59-55-58(57-62)56-60(64-53-50-47-44-41-38-35-32-29-26-23-20-17-14-11-8-5-2)61(59)65-54-51-48-45-42-39-36-33-30-27-24-21-18-15-12-9-6-3/h61-62H,4-60,63H2,1-3H3;55-56H,4-54,57H2,1-3H3. The van der Waals surface area contributed by atoms with Crippen LogP contribution < -0.4 is 28.4 Å². The number of nitrogens with zero attached hydrogens (tertiary/aromatic N) is 3. The van der Waals surface area contributed by atoms with Crippen LogP contribution in [0.1, 0.15) is 682 Å². The number of halogens is 1. The Hall–Kier alpha value is -3.01. The van der Waals surface area contributed by atoms with Crippen LogP contribution >= 0.6 is 15.9 Å². The van der Waals surface area contributed by atoms with Crippen molar-refractivity contribution < 1.29 is 28.4 Å². The summed E-state index contributed by atoms with van der Waals surface area (Å²) in [4.78, 5) is 10.0. The maximum Gasteiger partial charge on any atom is 0.203 e. The van der Waals surface area contributed by atoms with Gasteiger partial charge in [-0.3, -0.25) is 4.99 Å². The van der Waals surface area contributed by atoms with Gasteiger partial charge in [-0.15, -0.1) is 0 Å². The average molecular weight is 2010 g/mol. The van der Waals surface area contributed by atoms with Crippen molar-refractivity contribution in [3.8, 4) is 34.5 Å². The summed E-state index contributed by atoms with van der Waals surface area (Å²) in [7, 11) is 0. The molecular weight excluding hydrogens is 1770 g/mol. The van der Waals surface area contributed by atoms with E-state index < -0.39 is 0 Å². The minimum absolute atomic E-state index is 0.723. The molecule has 1 saturated heterocycles. The Kier molecular flexibility index (Phi) is 99.5. The highest BCUT2D eigenvalue weighted by Crippen LogP contribution is 2.43. The topological polar surface area (TPSA) is 74.2 Å². The lowest BCUT2D eigenvalue weighted by Gasteiger charge is -2.41. The van der Waals surface area contributed by atoms with Gasteiger partial charge in [-0.2, -0.15) is 0 Å². The predicted octanol–water partition coefficient (Wildman–Crippen LogP) is 44.4. The Bertz CT molecular complexity index is 2700. The SMILES string of the molecule is CCCCCCCCCCCCCCCCCCOc1cc(CBr)cc(OCCCCCCCCCCCCCCCCCC)c1OCCCCCCCCCCCCCCCCCC.CCCCCCCCCCCCCCCCCCOc1cc(CN2CCCN3CCCN=C32)cc(OCCCCCCCCCCCCCCCCCC)c1OCCCCCCCCCCCCCCCCCC. The van der Waals surface area contributed by atoms with E-state index in [0.29, 0.717) is 0 Å². The second-order valence-electron chi connectivity index (χ2n) is 44.2. The first-order chi connectivity index (χ1) is 69.0. The molecule has 2 aliphatic heterocycles. The van der Waals surface area contributed by atoms with Crippen molar-refractivity contribution in [2.45, 2.75) is 683 Å². The second kappa shape index (κ2) is 106. The van der Waals surface area contributed by atoms with E-state index in [1.807, 2.05) is 0 Å². The van der Waals surface area contributed by atoms with Crippen molar-refractivity contribution in [3.63, 3.8) is 0 Å². The van der Waals surface area contributed by atoms with E-state index in [9.17, 15) is 0 Å². The Balaban J connectivity index is 0.000000722. The van der Waals surface area contributed by atoms with Gasteiger partial charge in [0.1, 0.15) is 0 Å². The second-order valence-corrected chi connectivity index (χ2v) is 44.7. The number of hydrogen-bond acceptors (Lipinski definition) is 9. The highest BCUT2D eigenvalue weighted by Gasteiger charge is 2.27. The normalized spacial score (nSPS) is 12.7. The Labute approximate surface area is 877 Å². The van der Waals surface area contributed by atoms with Gasteiger partial charge in [-0.25, -0.2) is 0 Å². The minimum atomic E-state index is 0.723. The molecule has 0 N–H and O–H groups in total. The first kappa shape index (κ1) is 130. The highest BCUT2D eigenvalue weighted by molar-refractivity contribution is 9.08. The third kappa shape index (κ3) is 82.6. The molecule has 2 aliphatic rings. The molecule has 0 aliphatic carbocycles. The van der Waals surface area contributed by atoms with Crippen LogP contribution in [-0.4, -0.2) is 81.6 Å². The molecule has 2 aromatic carbocycles. The number of alkyl halides is 1. The number of unbranched alkanes of at least 4 members (excludes halogenated alkanes) is 90. The number of benzene rings is 2. The van der Waals surface area contributed by atoms with Crippen molar-refractivity contribution in [1.29, 1.82) is 0 Å². The van der Waals surface area contributed by atoms with Crippen molar-refractivity contribution in [3.05, 3.63) is 35.4 Å². The van der Waals surface area contributed by atoms with E-state index in [1.54, 1.807) is 0 Å². The molecule has 0 saturated carbocycles. The lowest BCUT2D eigenvalue weighted by Crippen LogP contribution is -2.51. The third-order valence-corrected chi connectivity index (χ3v) is 31.1. The summed E-state index contributed by atoms with van der Waals surface area (Å²) >= 11 is 3.73. The lowest BCUT2D eigenvalue weighted by molar-refractivity contribution is 0.229. The van der Waals surface area contributed by atoms with Crippen LogP contribution in [0.15, 0.2) is 29.3 Å². The van der Waals surface area contributed by atoms with Gasteiger partial charge < -0.3 is 38.2 Å². The fourth-order valence-electron chi connectivity index (χ4n) is 21.2. The van der Waals surface area contributed by atoms with Crippen LogP contribution in [0.25, 0.3) is 0 Å². The molecule has 0 atom stereocenters. The minimum Gasteiger partial charge on any atom is -0.490 e. The van der Waals surface area contributed by atoms with Crippen molar-refractivity contribution in [2.75, 3.05) is 65.8 Å². The van der Waals surface area contributed by atoms with Crippen molar-refractivity contribution in [2.24, 2.45) is 4.99 Å². The summed E-state index contributed by atoms with van der Waals surface area (Å²) in [6, 6.07) is 8.95. The van der Waals surface area contributed by atoms with E-state index in [-0.39, 0.29) is 0 Å². The maximum atomic E-state index is 6.79. The summed E-state index contributed by atoms with van der Waals surface area (Å²) in [6.07, 6.45) is 135. The number of aliphatic imine (C=N–C) groups is 1. The first-order valence-corrected chi connectivity index (χ1v) is 64.9. The van der Waals surface area contributed by atoms with Crippen molar-refractivity contribution in [1.82, 2.24) is 9.80 Å². The number of hydrogen-bond donors (Lipinski definition) is 0. The monoisotopic (exact) mass is 2010 g/mol. The number of fused-ring (bicyclic) bond motifs is 1. The molecule has 0 radical (unpaired) electrons. The van der Waals surface area contributed by atoms with Crippen LogP contribution in [0, 0.1) is 0 Å². The Morgan fingerprint density at radius 3 is 0.554 bits per heavy atom. The average Bonchev–Trinajstić information content (AvgIpc) is 0.800. The molecule has 2 heterocycles. The van der Waals surface area contributed by atoms with Gasteiger partial charge >= 0.3 is 0 Å². The molecule has 1 fully saturated rings. The quantitative estimate of drug-likeness (QED) is 0.0479. The molecule has 0 aromatic heterocycles. The first-order valence-electron chi connectivity index (χ1n) is 63.7. The van der Waals surface area contributed by atoms with Crippen molar-refractivity contribution >= 4 is 21.9 Å². The fourth-order valence-corrected chi connectivity index (χ4v) is 21.5. The van der Waals surface area contributed by atoms with Crippen LogP contribution in [0.4, 0.5) is 0 Å². The zero-order chi connectivity index (χ0) is 98.9. The maximum absolute atomic E-state index is 6.79. The van der Waals surface area contributed by atoms with Crippen LogP contribution in [0.2, 0.25) is 0 Å². The summed E-state index contributed by atoms with van der Waals surface area (Å²) in [6.45, 7) is 23.4. The van der Waals surface area contributed by atoms with Gasteiger partial charge in [0.25, 0.3) is 0 Å². The van der Waals surface area contributed by atoms with E-state index in [2.05, 4.69) is 91.5 Å². The molecular formula is C129H242BrN3O6. The lowest BCUT2D eigenvalue weighted by atomic mass is 10.0. The number of rotatable bonds is 111. The van der Waals surface area contributed by atoms with Gasteiger partial charge in [0, 0.05) is 38.1 Å². The fraction of sp³-hybridized carbons (Fsp3) is 0.899. The van der Waals surface area contributed by atoms with Gasteiger partial charge in [0.05, 0.1) is 39.6 Å². The zero-order valence-electron chi connectivity index (χ0n) is 94.8. The van der Waals surface area contributed by atoms with Crippen LogP contribution in [0.5, 0.6) is 34.5 Å². The van der Waals surface area contributed by atoms with Gasteiger partial charge in [0.2, 0.25) is 11.5 Å². The molecule has 0 bridgehead atoms. The van der Waals surface area contributed by atoms with Gasteiger partial charge in [-0.1, -0.05) is 635 Å². The van der Waals surface area contributed by atoms with E-state index >= 15 is 0 Å². The molecule has 0 amide bonds. The highest BCUT2D eigenvalue weighted by atomic mass is 79.9. The molecule has 2 aromatic rings. The summed E-state index contributed by atoms with van der Waals surface area (Å²) < 4.78 is 40.0. The Morgan fingerprint density at radius 1 is 0.201 bits per heavy atom. The van der Waals surface area contributed by atoms with Gasteiger partial charge in [-0.05, 0) is 86.8 Å². The third-order valence-electron chi connectivity index (χ3n) is 30.5. The predicted molar refractivity (Wildman–Crippen MR) is 619 cm³/mol. The summed E-state index contributed by atoms with van der Waals surface area (Å²) in [5.74, 6) is 6.41. The summed E-state index contributed by atoms with van der Waals surface area (Å²) in [5.41, 5.74) is 2.45. The van der Waals surface area contributed by atoms with E-state index in [1.165, 1.54) is 601 Å². The van der Waals surface area contributed by atoms with Crippen LogP contribution in [0.3, 0.4) is 0 Å². The molecule has 816 valence electrons. The van der Waals surface area contributed by atoms with Gasteiger partial charge in [0.15, 0.2) is 29.0 Å². The summed E-state index contributed by atoms with van der Waals surface area (Å²) in [5, 5.41) is 0.789. The smallest absolute Gasteiger partial charge is 0.203 e. The molecule has 9 nitrogen and oxygen atoms in total.